The van der Waals surface area contributed by atoms with E-state index in [0.717, 1.165) is 23.3 Å². The molecule has 5 aromatic rings. The molecule has 1 aromatic heterocycles. The fraction of sp³-hybridized carbons (Fsp3) is 0. The van der Waals surface area contributed by atoms with Crippen molar-refractivity contribution in [2.24, 2.45) is 0 Å². The van der Waals surface area contributed by atoms with Crippen molar-refractivity contribution >= 4 is 23.9 Å². The average Bonchev–Trinajstić information content (AvgIpc) is 3.48. The van der Waals surface area contributed by atoms with Crippen LogP contribution in [0.15, 0.2) is 114 Å². The maximum Gasteiger partial charge on any atom is 0.418 e. The standard InChI is InChI=1S/C32H22F2N4O5/c33-23-3-1-5-25(17-23)41-31(39)37-29(35)21-11-7-19(8-12-21)27-15-16-28(43-27)20-9-13-22(14-10-20)30(36)38-32(40)42-26-6-2-4-24(34)18-26/h1-18H,(H2,35,37,39)(H2,36,38,40). The van der Waals surface area contributed by atoms with Crippen LogP contribution in [0.5, 0.6) is 11.5 Å². The molecule has 0 saturated carbocycles. The quantitative estimate of drug-likeness (QED) is 0.125. The minimum Gasteiger partial charge on any atom is -0.456 e. The fourth-order valence-electron chi connectivity index (χ4n) is 3.93. The predicted octanol–water partition coefficient (Wildman–Crippen LogP) is 7.12. The Morgan fingerprint density at radius 1 is 0.581 bits per heavy atom. The van der Waals surface area contributed by atoms with Crippen LogP contribution in [0, 0.1) is 22.5 Å². The van der Waals surface area contributed by atoms with E-state index in [2.05, 4.69) is 10.6 Å². The van der Waals surface area contributed by atoms with Gasteiger partial charge in [0.05, 0.1) is 0 Å². The molecule has 0 aliphatic heterocycles. The molecule has 5 rings (SSSR count). The first kappa shape index (κ1) is 28.4. The van der Waals surface area contributed by atoms with Crippen molar-refractivity contribution in [1.82, 2.24) is 10.6 Å². The normalized spacial score (nSPS) is 10.5. The molecule has 0 bridgehead atoms. The fourth-order valence-corrected chi connectivity index (χ4v) is 3.93. The molecule has 0 atom stereocenters. The van der Waals surface area contributed by atoms with Crippen LogP contribution in [0.4, 0.5) is 18.4 Å². The van der Waals surface area contributed by atoms with Gasteiger partial charge in [-0.15, -0.1) is 0 Å². The second kappa shape index (κ2) is 12.6. The largest absolute Gasteiger partial charge is 0.456 e. The number of carbonyl (C=O) groups excluding carboxylic acids is 2. The van der Waals surface area contributed by atoms with E-state index in [1.54, 1.807) is 60.7 Å². The molecule has 1 heterocycles. The van der Waals surface area contributed by atoms with Crippen LogP contribution in [-0.2, 0) is 0 Å². The molecule has 43 heavy (non-hydrogen) atoms. The monoisotopic (exact) mass is 580 g/mol. The number of halogens is 2. The van der Waals surface area contributed by atoms with Crippen LogP contribution in [-0.4, -0.2) is 23.9 Å². The number of amides is 2. The lowest BCUT2D eigenvalue weighted by atomic mass is 10.1. The average molecular weight is 581 g/mol. The highest BCUT2D eigenvalue weighted by Crippen LogP contribution is 2.29. The summed E-state index contributed by atoms with van der Waals surface area (Å²) in [6, 6.07) is 27.2. The number of amidine groups is 2. The Balaban J connectivity index is 1.17. The minimum absolute atomic E-state index is 0.0150. The number of rotatable bonds is 6. The van der Waals surface area contributed by atoms with Gasteiger partial charge in [-0.1, -0.05) is 60.7 Å². The Hall–Kier alpha value is -6.10. The van der Waals surface area contributed by atoms with E-state index < -0.39 is 23.8 Å². The van der Waals surface area contributed by atoms with E-state index >= 15 is 0 Å². The van der Waals surface area contributed by atoms with E-state index in [9.17, 15) is 18.4 Å². The van der Waals surface area contributed by atoms with Crippen molar-refractivity contribution in [3.63, 3.8) is 0 Å². The van der Waals surface area contributed by atoms with Crippen molar-refractivity contribution < 1.29 is 32.3 Å². The molecule has 4 aromatic carbocycles. The molecule has 0 aliphatic rings. The van der Waals surface area contributed by atoms with Crippen LogP contribution in [0.1, 0.15) is 11.1 Å². The zero-order valence-electron chi connectivity index (χ0n) is 22.2. The number of nitrogens with one attached hydrogen (secondary N) is 4. The highest BCUT2D eigenvalue weighted by molar-refractivity contribution is 6.05. The van der Waals surface area contributed by atoms with Gasteiger partial charge in [0.2, 0.25) is 0 Å². The number of benzene rings is 4. The Bertz CT molecular complexity index is 1690. The molecule has 0 spiro atoms. The molecule has 2 amide bonds. The summed E-state index contributed by atoms with van der Waals surface area (Å²) in [5, 5.41) is 20.9. The molecule has 4 N–H and O–H groups in total. The summed E-state index contributed by atoms with van der Waals surface area (Å²) in [4.78, 5) is 24.1. The highest BCUT2D eigenvalue weighted by atomic mass is 19.1. The van der Waals surface area contributed by atoms with Crippen molar-refractivity contribution in [2.75, 3.05) is 0 Å². The molecule has 0 radical (unpaired) electrons. The number of hydrogen-bond donors (Lipinski definition) is 4. The summed E-state index contributed by atoms with van der Waals surface area (Å²) in [6.45, 7) is 0. The Morgan fingerprint density at radius 2 is 0.977 bits per heavy atom. The van der Waals surface area contributed by atoms with Crippen molar-refractivity contribution in [1.29, 1.82) is 10.8 Å². The van der Waals surface area contributed by atoms with E-state index in [1.165, 1.54) is 36.4 Å². The van der Waals surface area contributed by atoms with Crippen LogP contribution >= 0.6 is 0 Å². The van der Waals surface area contributed by atoms with Crippen LogP contribution in [0.2, 0.25) is 0 Å². The molecule has 0 unspecified atom stereocenters. The van der Waals surface area contributed by atoms with Crippen molar-refractivity contribution in [3.05, 3.63) is 132 Å². The summed E-state index contributed by atoms with van der Waals surface area (Å²) < 4.78 is 42.5. The van der Waals surface area contributed by atoms with Gasteiger partial charge in [-0.3, -0.25) is 21.5 Å². The smallest absolute Gasteiger partial charge is 0.418 e. The zero-order chi connectivity index (χ0) is 30.3. The molecular formula is C32H22F2N4O5. The van der Waals surface area contributed by atoms with Gasteiger partial charge in [-0.05, 0) is 36.4 Å². The summed E-state index contributed by atoms with van der Waals surface area (Å²) in [5.41, 5.74) is 2.28. The molecule has 11 heteroatoms. The van der Waals surface area contributed by atoms with Gasteiger partial charge in [0.25, 0.3) is 0 Å². The lowest BCUT2D eigenvalue weighted by Gasteiger charge is -2.09. The minimum atomic E-state index is -0.920. The first-order valence-electron chi connectivity index (χ1n) is 12.7. The third kappa shape index (κ3) is 7.35. The van der Waals surface area contributed by atoms with Gasteiger partial charge in [0.15, 0.2) is 0 Å². The van der Waals surface area contributed by atoms with Gasteiger partial charge in [-0.2, -0.15) is 0 Å². The molecule has 0 fully saturated rings. The van der Waals surface area contributed by atoms with E-state index in [0.29, 0.717) is 22.6 Å². The highest BCUT2D eigenvalue weighted by Gasteiger charge is 2.13. The summed E-state index contributed by atoms with van der Waals surface area (Å²) in [5.74, 6) is -0.347. The maximum absolute atomic E-state index is 13.3. The predicted molar refractivity (Wildman–Crippen MR) is 154 cm³/mol. The molecular weight excluding hydrogens is 558 g/mol. The van der Waals surface area contributed by atoms with Gasteiger partial charge >= 0.3 is 12.2 Å². The second-order valence-corrected chi connectivity index (χ2v) is 9.01. The van der Waals surface area contributed by atoms with Crippen LogP contribution < -0.4 is 20.1 Å². The van der Waals surface area contributed by atoms with E-state index in [4.69, 9.17) is 24.7 Å². The third-order valence-electron chi connectivity index (χ3n) is 5.99. The SMILES string of the molecule is N=C(NC(=O)Oc1cccc(F)c1)c1ccc(-c2ccc(-c3ccc(C(=N)NC(=O)Oc4cccc(F)c4)cc3)o2)cc1. The second-order valence-electron chi connectivity index (χ2n) is 9.01. The number of carbonyl (C=O) groups is 2. The van der Waals surface area contributed by atoms with Crippen LogP contribution in [0.3, 0.4) is 0 Å². The molecule has 0 aliphatic carbocycles. The van der Waals surface area contributed by atoms with Gasteiger partial charge in [-0.25, -0.2) is 18.4 Å². The first-order valence-corrected chi connectivity index (χ1v) is 12.7. The lowest BCUT2D eigenvalue weighted by Crippen LogP contribution is -2.33. The summed E-state index contributed by atoms with van der Waals surface area (Å²) in [7, 11) is 0. The molecule has 214 valence electrons. The zero-order valence-corrected chi connectivity index (χ0v) is 22.2. The summed E-state index contributed by atoms with van der Waals surface area (Å²) in [6.07, 6.45) is -1.84. The Morgan fingerprint density at radius 3 is 1.35 bits per heavy atom. The Kier molecular flexibility index (Phi) is 8.33. The van der Waals surface area contributed by atoms with Crippen LogP contribution in [0.25, 0.3) is 22.6 Å². The van der Waals surface area contributed by atoms with E-state index in [-0.39, 0.29) is 23.2 Å². The Labute approximate surface area is 243 Å². The topological polar surface area (TPSA) is 138 Å². The maximum atomic E-state index is 13.3. The van der Waals surface area contributed by atoms with Gasteiger partial charge in [0, 0.05) is 34.4 Å². The lowest BCUT2D eigenvalue weighted by molar-refractivity contribution is 0.204. The van der Waals surface area contributed by atoms with Gasteiger partial charge < -0.3 is 13.9 Å². The number of furan rings is 1. The molecule has 0 saturated heterocycles. The number of hydrogen-bond acceptors (Lipinski definition) is 7. The van der Waals surface area contributed by atoms with Crippen molar-refractivity contribution in [3.8, 4) is 34.1 Å². The third-order valence-corrected chi connectivity index (χ3v) is 5.99. The first-order chi connectivity index (χ1) is 20.7. The summed E-state index contributed by atoms with van der Waals surface area (Å²) >= 11 is 0. The van der Waals surface area contributed by atoms with Crippen molar-refractivity contribution in [2.45, 2.75) is 0 Å². The van der Waals surface area contributed by atoms with E-state index in [1.807, 2.05) is 0 Å². The molecule has 9 nitrogen and oxygen atoms in total. The number of ether oxygens (including phenoxy) is 2. The van der Waals surface area contributed by atoms with Gasteiger partial charge in [0.1, 0.15) is 46.3 Å².